The number of carbonyl (C=O) groups is 1. The number of benzene rings is 1. The Balaban J connectivity index is 2.91. The summed E-state index contributed by atoms with van der Waals surface area (Å²) < 4.78 is 0. The topological polar surface area (TPSA) is 110 Å². The van der Waals surface area contributed by atoms with E-state index in [1.165, 1.54) is 19.1 Å². The molecule has 1 aromatic carbocycles. The number of hydrogen-bond acceptors (Lipinski definition) is 4. The largest absolute Gasteiger partial charge is 0.504 e. The summed E-state index contributed by atoms with van der Waals surface area (Å²) in [6.07, 6.45) is 0.205. The maximum absolute atomic E-state index is 11.0. The van der Waals surface area contributed by atoms with Crippen LogP contribution in [0.4, 0.5) is 0 Å². The van der Waals surface area contributed by atoms with Gasteiger partial charge in [0.2, 0.25) is 5.91 Å². The minimum atomic E-state index is -1.16. The predicted molar refractivity (Wildman–Crippen MR) is 55.3 cm³/mol. The molecule has 0 unspecified atom stereocenters. The van der Waals surface area contributed by atoms with Crippen molar-refractivity contribution in [3.05, 3.63) is 23.8 Å². The smallest absolute Gasteiger partial charge is 0.237 e. The Labute approximate surface area is 87.3 Å². The van der Waals surface area contributed by atoms with Crippen molar-refractivity contribution < 1.29 is 15.0 Å². The van der Waals surface area contributed by atoms with E-state index in [0.717, 1.165) is 0 Å². The molecule has 15 heavy (non-hydrogen) atoms. The monoisotopic (exact) mass is 210 g/mol. The molecule has 0 radical (unpaired) electrons. The van der Waals surface area contributed by atoms with Crippen LogP contribution in [0.15, 0.2) is 18.2 Å². The first-order chi connectivity index (χ1) is 6.83. The molecule has 5 nitrogen and oxygen atoms in total. The van der Waals surface area contributed by atoms with Gasteiger partial charge < -0.3 is 21.7 Å². The summed E-state index contributed by atoms with van der Waals surface area (Å²) in [5.74, 6) is -1.07. The van der Waals surface area contributed by atoms with Crippen molar-refractivity contribution in [2.45, 2.75) is 18.9 Å². The van der Waals surface area contributed by atoms with Gasteiger partial charge in [0, 0.05) is 0 Å². The van der Waals surface area contributed by atoms with Crippen molar-refractivity contribution in [1.82, 2.24) is 0 Å². The van der Waals surface area contributed by atoms with E-state index >= 15 is 0 Å². The molecule has 1 rings (SSSR count). The van der Waals surface area contributed by atoms with Crippen molar-refractivity contribution in [2.24, 2.45) is 11.5 Å². The number of nitrogens with two attached hydrogens (primary N) is 2. The van der Waals surface area contributed by atoms with Crippen LogP contribution in [-0.4, -0.2) is 21.7 Å². The highest BCUT2D eigenvalue weighted by atomic mass is 16.3. The third-order valence-electron chi connectivity index (χ3n) is 2.17. The van der Waals surface area contributed by atoms with Crippen molar-refractivity contribution >= 4 is 5.91 Å². The molecule has 0 spiro atoms. The van der Waals surface area contributed by atoms with Gasteiger partial charge in [-0.25, -0.2) is 0 Å². The minimum Gasteiger partial charge on any atom is -0.504 e. The molecule has 0 bridgehead atoms. The number of carbonyl (C=O) groups excluding carboxylic acids is 1. The number of phenols is 2. The molecule has 0 fully saturated rings. The van der Waals surface area contributed by atoms with Gasteiger partial charge >= 0.3 is 0 Å². The highest BCUT2D eigenvalue weighted by Crippen LogP contribution is 2.26. The zero-order valence-corrected chi connectivity index (χ0v) is 8.40. The SMILES string of the molecule is C[C@](N)(Cc1ccc(O)c(O)c1)C(N)=O. The van der Waals surface area contributed by atoms with Gasteiger partial charge in [-0.1, -0.05) is 6.07 Å². The van der Waals surface area contributed by atoms with Gasteiger partial charge in [0.05, 0.1) is 5.54 Å². The second-order valence-corrected chi connectivity index (χ2v) is 3.78. The standard InChI is InChI=1S/C10H14N2O3/c1-10(12,9(11)15)5-6-2-3-7(13)8(14)4-6/h2-4,13-14H,5,12H2,1H3,(H2,11,15)/t10-/m0/s1. The highest BCUT2D eigenvalue weighted by Gasteiger charge is 2.26. The van der Waals surface area contributed by atoms with Crippen LogP contribution in [-0.2, 0) is 11.2 Å². The Morgan fingerprint density at radius 1 is 1.40 bits per heavy atom. The normalized spacial score (nSPS) is 14.5. The van der Waals surface area contributed by atoms with E-state index in [4.69, 9.17) is 16.6 Å². The van der Waals surface area contributed by atoms with Gasteiger partial charge in [0.15, 0.2) is 11.5 Å². The summed E-state index contributed by atoms with van der Waals surface area (Å²) >= 11 is 0. The van der Waals surface area contributed by atoms with Crippen LogP contribution in [0.1, 0.15) is 12.5 Å². The van der Waals surface area contributed by atoms with Crippen LogP contribution in [0.3, 0.4) is 0 Å². The molecule has 0 heterocycles. The second kappa shape index (κ2) is 3.78. The first kappa shape index (κ1) is 11.3. The lowest BCUT2D eigenvalue weighted by Gasteiger charge is -2.20. The second-order valence-electron chi connectivity index (χ2n) is 3.78. The molecule has 0 saturated heterocycles. The van der Waals surface area contributed by atoms with E-state index in [9.17, 15) is 9.90 Å². The van der Waals surface area contributed by atoms with Gasteiger partial charge in [0.25, 0.3) is 0 Å². The molecule has 1 aromatic rings. The zero-order valence-electron chi connectivity index (χ0n) is 8.40. The number of rotatable bonds is 3. The summed E-state index contributed by atoms with van der Waals surface area (Å²) in [5.41, 5.74) is 10.2. The molecule has 0 saturated carbocycles. The van der Waals surface area contributed by atoms with Gasteiger partial charge in [-0.2, -0.15) is 0 Å². The molecule has 1 atom stereocenters. The number of primary amides is 1. The first-order valence-corrected chi connectivity index (χ1v) is 4.42. The lowest BCUT2D eigenvalue weighted by Crippen LogP contribution is -2.51. The molecular weight excluding hydrogens is 196 g/mol. The third-order valence-corrected chi connectivity index (χ3v) is 2.17. The molecular formula is C10H14N2O3. The number of aromatic hydroxyl groups is 2. The number of phenolic OH excluding ortho intramolecular Hbond substituents is 2. The van der Waals surface area contributed by atoms with Crippen LogP contribution in [0.2, 0.25) is 0 Å². The van der Waals surface area contributed by atoms with Crippen molar-refractivity contribution in [1.29, 1.82) is 0 Å². The van der Waals surface area contributed by atoms with E-state index in [1.807, 2.05) is 0 Å². The molecule has 5 heteroatoms. The van der Waals surface area contributed by atoms with Gasteiger partial charge in [-0.05, 0) is 31.0 Å². The Hall–Kier alpha value is -1.75. The van der Waals surface area contributed by atoms with Gasteiger partial charge in [0.1, 0.15) is 0 Å². The predicted octanol–water partition coefficient (Wildman–Crippen LogP) is -0.157. The Kier molecular flexibility index (Phi) is 2.85. The third kappa shape index (κ3) is 2.60. The summed E-state index contributed by atoms with van der Waals surface area (Å²) in [7, 11) is 0. The van der Waals surface area contributed by atoms with Gasteiger partial charge in [-0.3, -0.25) is 4.79 Å². The molecule has 0 aromatic heterocycles. The maximum Gasteiger partial charge on any atom is 0.237 e. The van der Waals surface area contributed by atoms with Crippen LogP contribution in [0.25, 0.3) is 0 Å². The molecule has 0 aliphatic carbocycles. The summed E-state index contributed by atoms with van der Waals surface area (Å²) in [4.78, 5) is 11.0. The lowest BCUT2D eigenvalue weighted by molar-refractivity contribution is -0.122. The number of hydrogen-bond donors (Lipinski definition) is 4. The molecule has 0 aliphatic rings. The summed E-state index contributed by atoms with van der Waals surface area (Å²) in [6.45, 7) is 1.51. The fraction of sp³-hybridized carbons (Fsp3) is 0.300. The van der Waals surface area contributed by atoms with E-state index in [1.54, 1.807) is 6.07 Å². The van der Waals surface area contributed by atoms with Crippen LogP contribution in [0, 0.1) is 0 Å². The number of amides is 1. The first-order valence-electron chi connectivity index (χ1n) is 4.42. The molecule has 0 aliphatic heterocycles. The van der Waals surface area contributed by atoms with Gasteiger partial charge in [-0.15, -0.1) is 0 Å². The van der Waals surface area contributed by atoms with Crippen molar-refractivity contribution in [3.63, 3.8) is 0 Å². The Morgan fingerprint density at radius 2 is 2.00 bits per heavy atom. The van der Waals surface area contributed by atoms with E-state index in [-0.39, 0.29) is 17.9 Å². The van der Waals surface area contributed by atoms with Crippen molar-refractivity contribution in [2.75, 3.05) is 0 Å². The molecule has 82 valence electrons. The fourth-order valence-electron chi connectivity index (χ4n) is 1.19. The quantitative estimate of drug-likeness (QED) is 0.520. The lowest BCUT2D eigenvalue weighted by atomic mass is 9.93. The van der Waals surface area contributed by atoms with Crippen LogP contribution >= 0.6 is 0 Å². The summed E-state index contributed by atoms with van der Waals surface area (Å²) in [6, 6.07) is 4.26. The van der Waals surface area contributed by atoms with E-state index < -0.39 is 11.4 Å². The minimum absolute atomic E-state index is 0.205. The van der Waals surface area contributed by atoms with Crippen LogP contribution < -0.4 is 11.5 Å². The average molecular weight is 210 g/mol. The Morgan fingerprint density at radius 3 is 2.47 bits per heavy atom. The molecule has 1 amide bonds. The van der Waals surface area contributed by atoms with E-state index in [0.29, 0.717) is 5.56 Å². The average Bonchev–Trinajstić information content (AvgIpc) is 2.10. The molecule has 6 N–H and O–H groups in total. The highest BCUT2D eigenvalue weighted by molar-refractivity contribution is 5.84. The van der Waals surface area contributed by atoms with E-state index in [2.05, 4.69) is 0 Å². The van der Waals surface area contributed by atoms with Crippen LogP contribution in [0.5, 0.6) is 11.5 Å². The maximum atomic E-state index is 11.0. The van der Waals surface area contributed by atoms with Crippen molar-refractivity contribution in [3.8, 4) is 11.5 Å². The fourth-order valence-corrected chi connectivity index (χ4v) is 1.19. The Bertz CT molecular complexity index is 388. The summed E-state index contributed by atoms with van der Waals surface area (Å²) in [5, 5.41) is 18.3. The zero-order chi connectivity index (χ0) is 11.6.